The number of halogens is 1. The van der Waals surface area contributed by atoms with Crippen molar-refractivity contribution in [1.29, 1.82) is 0 Å². The average molecular weight is 256 g/mol. The molecule has 0 aliphatic carbocycles. The first-order valence-corrected chi connectivity index (χ1v) is 4.04. The molecule has 0 saturated heterocycles. The third kappa shape index (κ3) is 7.74. The second-order valence-corrected chi connectivity index (χ2v) is 3.65. The van der Waals surface area contributed by atoms with Crippen LogP contribution in [0.25, 0.3) is 0 Å². The Kier molecular flexibility index (Phi) is 5.38. The zero-order valence-corrected chi connectivity index (χ0v) is 7.74. The van der Waals surface area contributed by atoms with Gasteiger partial charge in [0, 0.05) is 3.92 Å². The molecule has 0 radical (unpaired) electrons. The average Bonchev–Trinajstić information content (AvgIpc) is 1.79. The Morgan fingerprint density at radius 2 is 2.50 bits per heavy atom. The van der Waals surface area contributed by atoms with Gasteiger partial charge in [-0.15, -0.1) is 0 Å². The Morgan fingerprint density at radius 1 is 1.90 bits per heavy atom. The second-order valence-electron chi connectivity index (χ2n) is 1.68. The Balaban J connectivity index is 3.27. The van der Waals surface area contributed by atoms with Gasteiger partial charge in [-0.2, -0.15) is 0 Å². The standard InChI is InChI=1S/C6H9IO3/c1-5(7)3-2-4-10-6(8)9/h2-3,5H,4H2,1H3,(H,8,9). The molecule has 1 unspecified atom stereocenters. The van der Waals surface area contributed by atoms with Gasteiger partial charge in [-0.25, -0.2) is 4.79 Å². The number of alkyl halides is 1. The van der Waals surface area contributed by atoms with Crippen LogP contribution in [0, 0.1) is 0 Å². The lowest BCUT2D eigenvalue weighted by Gasteiger charge is -1.93. The molecule has 10 heavy (non-hydrogen) atoms. The van der Waals surface area contributed by atoms with Gasteiger partial charge in [0.25, 0.3) is 0 Å². The number of hydrogen-bond acceptors (Lipinski definition) is 2. The van der Waals surface area contributed by atoms with Crippen LogP contribution in [-0.4, -0.2) is 21.8 Å². The van der Waals surface area contributed by atoms with Crippen LogP contribution < -0.4 is 0 Å². The van der Waals surface area contributed by atoms with E-state index in [9.17, 15) is 4.79 Å². The highest BCUT2D eigenvalue weighted by Gasteiger charge is 1.91. The molecule has 0 saturated carbocycles. The summed E-state index contributed by atoms with van der Waals surface area (Å²) in [5, 5.41) is 8.02. The van der Waals surface area contributed by atoms with E-state index in [0.29, 0.717) is 3.92 Å². The van der Waals surface area contributed by atoms with Gasteiger partial charge >= 0.3 is 6.16 Å². The molecule has 0 aromatic carbocycles. The molecule has 0 aromatic rings. The highest BCUT2D eigenvalue weighted by molar-refractivity contribution is 14.1. The molecular formula is C6H9IO3. The summed E-state index contributed by atoms with van der Waals surface area (Å²) in [5.41, 5.74) is 0. The monoisotopic (exact) mass is 256 g/mol. The highest BCUT2D eigenvalue weighted by Crippen LogP contribution is 1.98. The summed E-state index contributed by atoms with van der Waals surface area (Å²) in [6.07, 6.45) is 2.33. The van der Waals surface area contributed by atoms with Gasteiger partial charge in [-0.1, -0.05) is 34.7 Å². The van der Waals surface area contributed by atoms with Crippen molar-refractivity contribution in [2.45, 2.75) is 10.8 Å². The van der Waals surface area contributed by atoms with Crippen LogP contribution in [-0.2, 0) is 4.74 Å². The molecule has 1 atom stereocenters. The molecule has 4 heteroatoms. The summed E-state index contributed by atoms with van der Waals surface area (Å²) in [7, 11) is 0. The van der Waals surface area contributed by atoms with Crippen molar-refractivity contribution in [1.82, 2.24) is 0 Å². The molecule has 0 bridgehead atoms. The van der Waals surface area contributed by atoms with Gasteiger partial charge < -0.3 is 9.84 Å². The van der Waals surface area contributed by atoms with Gasteiger partial charge in [0.15, 0.2) is 0 Å². The number of allylic oxidation sites excluding steroid dienone is 1. The summed E-state index contributed by atoms with van der Waals surface area (Å²) in [6, 6.07) is 0. The number of carbonyl (C=O) groups is 1. The fourth-order valence-electron chi connectivity index (χ4n) is 0.362. The van der Waals surface area contributed by atoms with E-state index in [1.54, 1.807) is 6.08 Å². The molecule has 3 nitrogen and oxygen atoms in total. The van der Waals surface area contributed by atoms with Gasteiger partial charge in [0.2, 0.25) is 0 Å². The van der Waals surface area contributed by atoms with E-state index in [-0.39, 0.29) is 6.61 Å². The molecule has 0 aliphatic heterocycles. The largest absolute Gasteiger partial charge is 0.506 e. The van der Waals surface area contributed by atoms with Gasteiger partial charge in [-0.05, 0) is 6.92 Å². The van der Waals surface area contributed by atoms with Crippen LogP contribution in [0.1, 0.15) is 6.92 Å². The number of rotatable bonds is 3. The first-order valence-electron chi connectivity index (χ1n) is 2.79. The maximum atomic E-state index is 9.79. The predicted octanol–water partition coefficient (Wildman–Crippen LogP) is 2.06. The number of hydrogen-bond donors (Lipinski definition) is 1. The van der Waals surface area contributed by atoms with Crippen LogP contribution in [0.3, 0.4) is 0 Å². The van der Waals surface area contributed by atoms with Crippen molar-refractivity contribution in [3.8, 4) is 0 Å². The minimum absolute atomic E-state index is 0.142. The van der Waals surface area contributed by atoms with E-state index in [0.717, 1.165) is 0 Å². The van der Waals surface area contributed by atoms with E-state index in [1.165, 1.54) is 0 Å². The van der Waals surface area contributed by atoms with Gasteiger partial charge in [-0.3, -0.25) is 0 Å². The SMILES string of the molecule is CC(I)C=CCOC(=O)O. The van der Waals surface area contributed by atoms with Crippen LogP contribution >= 0.6 is 22.6 Å². The van der Waals surface area contributed by atoms with Gasteiger partial charge in [0.1, 0.15) is 6.61 Å². The van der Waals surface area contributed by atoms with Gasteiger partial charge in [0.05, 0.1) is 0 Å². The van der Waals surface area contributed by atoms with Crippen molar-refractivity contribution in [2.24, 2.45) is 0 Å². The summed E-state index contributed by atoms with van der Waals surface area (Å²) < 4.78 is 4.63. The first-order chi connectivity index (χ1) is 4.63. The van der Waals surface area contributed by atoms with E-state index < -0.39 is 6.16 Å². The summed E-state index contributed by atoms with van der Waals surface area (Å²) in [6.45, 7) is 2.14. The van der Waals surface area contributed by atoms with Crippen molar-refractivity contribution < 1.29 is 14.6 Å². The minimum Gasteiger partial charge on any atom is -0.450 e. The van der Waals surface area contributed by atoms with E-state index in [4.69, 9.17) is 5.11 Å². The molecular weight excluding hydrogens is 247 g/mol. The molecule has 0 spiro atoms. The predicted molar refractivity (Wildman–Crippen MR) is 46.6 cm³/mol. The summed E-state index contributed by atoms with van der Waals surface area (Å²) >= 11 is 2.21. The second kappa shape index (κ2) is 5.52. The molecule has 58 valence electrons. The topological polar surface area (TPSA) is 46.5 Å². The highest BCUT2D eigenvalue weighted by atomic mass is 127. The first kappa shape index (κ1) is 9.74. The Bertz CT molecular complexity index is 131. The maximum absolute atomic E-state index is 9.79. The third-order valence-corrected chi connectivity index (χ3v) is 1.12. The summed E-state index contributed by atoms with van der Waals surface area (Å²) in [5.74, 6) is 0. The quantitative estimate of drug-likeness (QED) is 0.364. The Hall–Kier alpha value is -0.260. The Labute approximate surface area is 73.2 Å². The number of carboxylic acid groups (broad SMARTS) is 1. The number of ether oxygens (including phenoxy) is 1. The fraction of sp³-hybridized carbons (Fsp3) is 0.500. The molecule has 0 heterocycles. The lowest BCUT2D eigenvalue weighted by atomic mass is 10.4. The fourth-order valence-corrected chi connectivity index (χ4v) is 0.656. The van der Waals surface area contributed by atoms with Crippen LogP contribution in [0.5, 0.6) is 0 Å². The van der Waals surface area contributed by atoms with Crippen molar-refractivity contribution in [3.05, 3.63) is 12.2 Å². The van der Waals surface area contributed by atoms with Crippen LogP contribution in [0.15, 0.2) is 12.2 Å². The van der Waals surface area contributed by atoms with E-state index in [2.05, 4.69) is 27.3 Å². The van der Waals surface area contributed by atoms with Crippen molar-refractivity contribution in [2.75, 3.05) is 6.61 Å². The van der Waals surface area contributed by atoms with Crippen molar-refractivity contribution in [3.63, 3.8) is 0 Å². The van der Waals surface area contributed by atoms with Crippen molar-refractivity contribution >= 4 is 28.7 Å². The Morgan fingerprint density at radius 3 is 2.90 bits per heavy atom. The lowest BCUT2D eigenvalue weighted by Crippen LogP contribution is -1.99. The smallest absolute Gasteiger partial charge is 0.450 e. The molecule has 0 amide bonds. The molecule has 1 N–H and O–H groups in total. The van der Waals surface area contributed by atoms with E-state index in [1.807, 2.05) is 13.0 Å². The van der Waals surface area contributed by atoms with Crippen LogP contribution in [0.2, 0.25) is 0 Å². The molecule has 0 rings (SSSR count). The zero-order chi connectivity index (χ0) is 7.98. The summed E-state index contributed by atoms with van der Waals surface area (Å²) in [4.78, 5) is 9.79. The normalized spacial score (nSPS) is 13.4. The molecule has 0 aromatic heterocycles. The minimum atomic E-state index is -1.23. The zero-order valence-electron chi connectivity index (χ0n) is 5.58. The maximum Gasteiger partial charge on any atom is 0.506 e. The lowest BCUT2D eigenvalue weighted by molar-refractivity contribution is 0.102. The van der Waals surface area contributed by atoms with E-state index >= 15 is 0 Å². The third-order valence-electron chi connectivity index (χ3n) is 0.704. The molecule has 0 fully saturated rings. The van der Waals surface area contributed by atoms with Crippen LogP contribution in [0.4, 0.5) is 4.79 Å². The molecule has 0 aliphatic rings.